The Morgan fingerprint density at radius 1 is 1.21 bits per heavy atom. The molecule has 6 nitrogen and oxygen atoms in total. The number of rotatable bonds is 6. The van der Waals surface area contributed by atoms with Crippen molar-refractivity contribution in [1.82, 2.24) is 15.1 Å². The third-order valence-corrected chi connectivity index (χ3v) is 4.84. The van der Waals surface area contributed by atoms with Gasteiger partial charge >= 0.3 is 5.97 Å². The molecule has 0 atom stereocenters. The molecule has 2 rings (SSSR count). The molecule has 0 aliphatic rings. The van der Waals surface area contributed by atoms with Gasteiger partial charge < -0.3 is 10.1 Å². The van der Waals surface area contributed by atoms with Crippen LogP contribution in [-0.2, 0) is 11.3 Å². The molecule has 0 aliphatic carbocycles. The van der Waals surface area contributed by atoms with Crippen LogP contribution in [0.3, 0.4) is 0 Å². The molecule has 1 heterocycles. The monoisotopic (exact) mass is 393 g/mol. The van der Waals surface area contributed by atoms with Crippen LogP contribution in [0.2, 0.25) is 0 Å². The van der Waals surface area contributed by atoms with Crippen LogP contribution in [0.5, 0.6) is 0 Å². The summed E-state index contributed by atoms with van der Waals surface area (Å²) in [4.78, 5) is 23.4. The molecule has 0 unspecified atom stereocenters. The van der Waals surface area contributed by atoms with E-state index in [0.717, 1.165) is 28.8 Å². The van der Waals surface area contributed by atoms with Crippen LogP contribution in [0.25, 0.3) is 0 Å². The van der Waals surface area contributed by atoms with Gasteiger partial charge in [0.1, 0.15) is 0 Å². The Hall–Kier alpha value is -2.15. The quantitative estimate of drug-likeness (QED) is 0.604. The van der Waals surface area contributed by atoms with Crippen LogP contribution in [0, 0.1) is 13.8 Å². The van der Waals surface area contributed by atoms with E-state index in [9.17, 15) is 9.59 Å². The van der Waals surface area contributed by atoms with Gasteiger partial charge in [-0.1, -0.05) is 0 Å². The van der Waals surface area contributed by atoms with Gasteiger partial charge in [-0.05, 0) is 60.5 Å². The summed E-state index contributed by atoms with van der Waals surface area (Å²) in [6.07, 6.45) is 0.778. The lowest BCUT2D eigenvalue weighted by Gasteiger charge is -2.07. The average Bonchev–Trinajstić information content (AvgIpc) is 2.85. The Morgan fingerprint density at radius 2 is 1.83 bits per heavy atom. The van der Waals surface area contributed by atoms with Crippen molar-refractivity contribution in [2.45, 2.75) is 26.8 Å². The molecule has 24 heavy (non-hydrogen) atoms. The number of halogens is 1. The topological polar surface area (TPSA) is 73.2 Å². The van der Waals surface area contributed by atoms with E-state index in [1.54, 1.807) is 24.3 Å². The van der Waals surface area contributed by atoms with E-state index in [4.69, 9.17) is 0 Å². The third kappa shape index (κ3) is 4.23. The smallest absolute Gasteiger partial charge is 0.337 e. The predicted octanol–water partition coefficient (Wildman–Crippen LogP) is 2.87. The molecule has 0 saturated carbocycles. The fourth-order valence-electron chi connectivity index (χ4n) is 2.30. The van der Waals surface area contributed by atoms with Crippen LogP contribution < -0.4 is 5.32 Å². The molecule has 0 spiro atoms. The zero-order valence-electron chi connectivity index (χ0n) is 13.9. The summed E-state index contributed by atoms with van der Waals surface area (Å²) in [7, 11) is 1.32. The standard InChI is InChI=1S/C17H20BrN3O3/c1-11-15(18)12(2)21(20-11)10-4-9-19-16(22)13-5-7-14(8-6-13)17(23)24-3/h5-8H,4,9-10H2,1-3H3,(H,19,22). The molecule has 1 aromatic heterocycles. The van der Waals surface area contributed by atoms with Gasteiger partial charge in [-0.2, -0.15) is 5.10 Å². The lowest BCUT2D eigenvalue weighted by atomic mass is 10.1. The molecule has 128 valence electrons. The highest BCUT2D eigenvalue weighted by atomic mass is 79.9. The number of esters is 1. The van der Waals surface area contributed by atoms with Crippen LogP contribution >= 0.6 is 15.9 Å². The number of nitrogens with zero attached hydrogens (tertiary/aromatic N) is 2. The Kier molecular flexibility index (Phi) is 6.14. The van der Waals surface area contributed by atoms with Crippen molar-refractivity contribution in [2.24, 2.45) is 0 Å². The number of benzene rings is 1. The van der Waals surface area contributed by atoms with Gasteiger partial charge in [0.25, 0.3) is 5.91 Å². The Labute approximate surface area is 149 Å². The largest absolute Gasteiger partial charge is 0.465 e. The van der Waals surface area contributed by atoms with Gasteiger partial charge in [0.05, 0.1) is 22.8 Å². The number of hydrogen-bond acceptors (Lipinski definition) is 4. The molecule has 2 aromatic rings. The molecule has 0 fully saturated rings. The first-order chi connectivity index (χ1) is 11.4. The van der Waals surface area contributed by atoms with E-state index in [2.05, 4.69) is 31.1 Å². The molecule has 0 radical (unpaired) electrons. The minimum absolute atomic E-state index is 0.166. The summed E-state index contributed by atoms with van der Waals surface area (Å²) in [5.74, 6) is -0.584. The summed E-state index contributed by atoms with van der Waals surface area (Å²) < 4.78 is 7.58. The second-order valence-electron chi connectivity index (χ2n) is 5.39. The van der Waals surface area contributed by atoms with Crippen LogP contribution in [-0.4, -0.2) is 35.3 Å². The number of aryl methyl sites for hydroxylation is 2. The van der Waals surface area contributed by atoms with Gasteiger partial charge in [-0.25, -0.2) is 4.79 Å². The first kappa shape index (κ1) is 18.2. The number of amides is 1. The predicted molar refractivity (Wildman–Crippen MR) is 94.1 cm³/mol. The number of carbonyl (C=O) groups excluding carboxylic acids is 2. The number of nitrogens with one attached hydrogen (secondary N) is 1. The van der Waals surface area contributed by atoms with E-state index < -0.39 is 5.97 Å². The lowest BCUT2D eigenvalue weighted by Crippen LogP contribution is -2.25. The molecular weight excluding hydrogens is 374 g/mol. The third-order valence-electron chi connectivity index (χ3n) is 3.69. The Bertz CT molecular complexity index is 738. The highest BCUT2D eigenvalue weighted by Gasteiger charge is 2.10. The van der Waals surface area contributed by atoms with Crippen LogP contribution in [0.4, 0.5) is 0 Å². The SMILES string of the molecule is COC(=O)c1ccc(C(=O)NCCCn2nc(C)c(Br)c2C)cc1. The summed E-state index contributed by atoms with van der Waals surface area (Å²) in [6.45, 7) is 5.24. The molecule has 0 aliphatic heterocycles. The molecule has 0 saturated heterocycles. The number of carbonyl (C=O) groups is 2. The van der Waals surface area contributed by atoms with Crippen molar-refractivity contribution in [2.75, 3.05) is 13.7 Å². The fourth-order valence-corrected chi connectivity index (χ4v) is 2.59. The van der Waals surface area contributed by atoms with Crippen molar-refractivity contribution in [3.8, 4) is 0 Å². The van der Waals surface area contributed by atoms with Gasteiger partial charge in [-0.3, -0.25) is 9.48 Å². The van der Waals surface area contributed by atoms with Crippen LogP contribution in [0.1, 0.15) is 38.5 Å². The van der Waals surface area contributed by atoms with E-state index in [-0.39, 0.29) is 5.91 Å². The van der Waals surface area contributed by atoms with Gasteiger partial charge in [0.15, 0.2) is 0 Å². The maximum Gasteiger partial charge on any atom is 0.337 e. The highest BCUT2D eigenvalue weighted by molar-refractivity contribution is 9.10. The zero-order chi connectivity index (χ0) is 17.7. The normalized spacial score (nSPS) is 10.5. The van der Waals surface area contributed by atoms with Crippen LogP contribution in [0.15, 0.2) is 28.7 Å². The average molecular weight is 394 g/mol. The number of methoxy groups -OCH3 is 1. The zero-order valence-corrected chi connectivity index (χ0v) is 15.5. The summed E-state index contributed by atoms with van der Waals surface area (Å²) >= 11 is 3.50. The molecule has 7 heteroatoms. The maximum atomic E-state index is 12.1. The summed E-state index contributed by atoms with van der Waals surface area (Å²) in [5, 5.41) is 7.30. The van der Waals surface area contributed by atoms with E-state index >= 15 is 0 Å². The van der Waals surface area contributed by atoms with E-state index in [1.165, 1.54) is 7.11 Å². The minimum Gasteiger partial charge on any atom is -0.465 e. The highest BCUT2D eigenvalue weighted by Crippen LogP contribution is 2.19. The first-order valence-corrected chi connectivity index (χ1v) is 8.39. The van der Waals surface area contributed by atoms with Gasteiger partial charge in [0, 0.05) is 24.3 Å². The Morgan fingerprint density at radius 3 is 2.38 bits per heavy atom. The molecule has 1 amide bonds. The number of aromatic nitrogens is 2. The number of hydrogen-bond donors (Lipinski definition) is 1. The lowest BCUT2D eigenvalue weighted by molar-refractivity contribution is 0.0600. The number of ether oxygens (including phenoxy) is 1. The van der Waals surface area contributed by atoms with Crippen molar-refractivity contribution < 1.29 is 14.3 Å². The fraction of sp³-hybridized carbons (Fsp3) is 0.353. The van der Waals surface area contributed by atoms with Gasteiger partial charge in [0.2, 0.25) is 0 Å². The van der Waals surface area contributed by atoms with Gasteiger partial charge in [-0.15, -0.1) is 0 Å². The summed E-state index contributed by atoms with van der Waals surface area (Å²) in [5.41, 5.74) is 2.97. The second-order valence-corrected chi connectivity index (χ2v) is 6.18. The molecular formula is C17H20BrN3O3. The van der Waals surface area contributed by atoms with Crippen molar-refractivity contribution >= 4 is 27.8 Å². The van der Waals surface area contributed by atoms with E-state index in [0.29, 0.717) is 17.7 Å². The molecule has 0 bridgehead atoms. The minimum atomic E-state index is -0.419. The van der Waals surface area contributed by atoms with Crippen molar-refractivity contribution in [3.63, 3.8) is 0 Å². The molecule has 1 N–H and O–H groups in total. The first-order valence-electron chi connectivity index (χ1n) is 7.60. The maximum absolute atomic E-state index is 12.1. The van der Waals surface area contributed by atoms with E-state index in [1.807, 2.05) is 18.5 Å². The second kappa shape index (κ2) is 8.10. The molecule has 1 aromatic carbocycles. The van der Waals surface area contributed by atoms with Crippen molar-refractivity contribution in [3.05, 3.63) is 51.3 Å². The summed E-state index contributed by atoms with van der Waals surface area (Å²) in [6, 6.07) is 6.38. The Balaban J connectivity index is 1.82. The van der Waals surface area contributed by atoms with Crippen molar-refractivity contribution in [1.29, 1.82) is 0 Å².